The van der Waals surface area contributed by atoms with E-state index < -0.39 is 0 Å². The molecule has 4 heteroatoms. The summed E-state index contributed by atoms with van der Waals surface area (Å²) in [6, 6.07) is 26.8. The maximum absolute atomic E-state index is 10.2. The Bertz CT molecular complexity index is 1130. The van der Waals surface area contributed by atoms with Gasteiger partial charge in [-0.3, -0.25) is 0 Å². The molecule has 160 valence electrons. The zero-order valence-electron chi connectivity index (χ0n) is 17.6. The zero-order valence-corrected chi connectivity index (χ0v) is 17.6. The van der Waals surface area contributed by atoms with Crippen molar-refractivity contribution in [3.8, 4) is 34.5 Å². The minimum Gasteiger partial charge on any atom is -0.504 e. The summed E-state index contributed by atoms with van der Waals surface area (Å²) >= 11 is 0. The summed E-state index contributed by atoms with van der Waals surface area (Å²) in [5, 5.41) is 20.5. The molecule has 4 nitrogen and oxygen atoms in total. The molecule has 0 atom stereocenters. The number of hydrogen-bond acceptors (Lipinski definition) is 4. The minimum absolute atomic E-state index is 0.129. The molecule has 8 rings (SSSR count). The van der Waals surface area contributed by atoms with E-state index >= 15 is 0 Å². The van der Waals surface area contributed by atoms with Crippen molar-refractivity contribution in [1.82, 2.24) is 0 Å². The number of aromatic hydroxyl groups is 2. The Labute approximate surface area is 187 Å². The van der Waals surface area contributed by atoms with Crippen molar-refractivity contribution in [2.45, 2.75) is 25.7 Å². The van der Waals surface area contributed by atoms with Crippen molar-refractivity contribution in [2.75, 3.05) is 0 Å². The highest BCUT2D eigenvalue weighted by molar-refractivity contribution is 5.47. The minimum atomic E-state index is 0.129. The van der Waals surface area contributed by atoms with Crippen molar-refractivity contribution in [2.24, 2.45) is 0 Å². The van der Waals surface area contributed by atoms with Gasteiger partial charge >= 0.3 is 0 Å². The molecule has 0 aromatic heterocycles. The van der Waals surface area contributed by atoms with Crippen LogP contribution < -0.4 is 9.47 Å². The fraction of sp³-hybridized carbons (Fsp3) is 0.143. The van der Waals surface area contributed by atoms with Crippen LogP contribution in [-0.4, -0.2) is 10.2 Å². The van der Waals surface area contributed by atoms with E-state index in [1.165, 1.54) is 11.1 Å². The summed E-state index contributed by atoms with van der Waals surface area (Å²) in [6.45, 7) is 0. The molecule has 8 bridgehead atoms. The second kappa shape index (κ2) is 8.67. The van der Waals surface area contributed by atoms with Crippen LogP contribution in [-0.2, 0) is 25.7 Å². The molecule has 0 saturated carbocycles. The molecule has 4 aliphatic heterocycles. The molecular weight excluding hydrogens is 400 g/mol. The molecule has 0 unspecified atom stereocenters. The Kier molecular flexibility index (Phi) is 5.42. The molecule has 0 saturated heterocycles. The van der Waals surface area contributed by atoms with Gasteiger partial charge in [-0.15, -0.1) is 0 Å². The number of phenols is 2. The van der Waals surface area contributed by atoms with Crippen molar-refractivity contribution in [3.63, 3.8) is 0 Å². The summed E-state index contributed by atoms with van der Waals surface area (Å²) in [5.41, 5.74) is 4.53. The third kappa shape index (κ3) is 4.54. The summed E-state index contributed by atoms with van der Waals surface area (Å²) in [5.74, 6) is 2.56. The second-order valence-corrected chi connectivity index (χ2v) is 8.10. The number of hydrogen-bond donors (Lipinski definition) is 2. The van der Waals surface area contributed by atoms with Crippen LogP contribution in [0.15, 0.2) is 84.9 Å². The number of phenolic OH excluding ortho intramolecular Hbond substituents is 2. The fourth-order valence-corrected chi connectivity index (χ4v) is 3.87. The Hall–Kier alpha value is -3.92. The average Bonchev–Trinajstić information content (AvgIpc) is 2.81. The SMILES string of the molecule is Oc1ccc2cc1Oc1ccc(cc1)CCc1ccc(O)c(c1)Oc1ccc(cc1)CC2. The molecule has 0 spiro atoms. The molecule has 0 aliphatic carbocycles. The van der Waals surface area contributed by atoms with Gasteiger partial charge in [0.2, 0.25) is 0 Å². The Morgan fingerprint density at radius 1 is 0.438 bits per heavy atom. The number of benzene rings is 4. The first-order chi connectivity index (χ1) is 15.6. The van der Waals surface area contributed by atoms with Crippen LogP contribution in [0.4, 0.5) is 0 Å². The predicted molar refractivity (Wildman–Crippen MR) is 124 cm³/mol. The summed E-state index contributed by atoms with van der Waals surface area (Å²) in [6.07, 6.45) is 3.33. The standard InChI is InChI=1S/C28H24O4/c29-25-15-9-21-3-1-19-5-11-23(12-6-19)31-28-18-22(10-16-26(28)30)4-2-20-7-13-24(14-8-20)32-27(25)17-21/h5-18,29-30H,1-4H2. The molecular formula is C28H24O4. The largest absolute Gasteiger partial charge is 0.504 e. The molecule has 4 aliphatic rings. The highest BCUT2D eigenvalue weighted by Crippen LogP contribution is 2.34. The third-order valence-electron chi connectivity index (χ3n) is 5.76. The fourth-order valence-electron chi connectivity index (χ4n) is 3.87. The molecule has 32 heavy (non-hydrogen) atoms. The van der Waals surface area contributed by atoms with Crippen LogP contribution in [0.5, 0.6) is 34.5 Å². The monoisotopic (exact) mass is 424 g/mol. The highest BCUT2D eigenvalue weighted by Gasteiger charge is 2.09. The van der Waals surface area contributed by atoms with E-state index in [9.17, 15) is 10.2 Å². The maximum Gasteiger partial charge on any atom is 0.169 e. The Morgan fingerprint density at radius 2 is 0.781 bits per heavy atom. The van der Waals surface area contributed by atoms with Gasteiger partial charge in [-0.25, -0.2) is 0 Å². The normalized spacial score (nSPS) is 13.2. The van der Waals surface area contributed by atoms with E-state index in [4.69, 9.17) is 9.47 Å². The first-order valence-corrected chi connectivity index (χ1v) is 10.8. The topological polar surface area (TPSA) is 58.9 Å². The number of aryl methyl sites for hydroxylation is 4. The van der Waals surface area contributed by atoms with Gasteiger partial charge in [0.1, 0.15) is 11.5 Å². The van der Waals surface area contributed by atoms with Crippen LogP contribution in [0.3, 0.4) is 0 Å². The lowest BCUT2D eigenvalue weighted by atomic mass is 10.0. The van der Waals surface area contributed by atoms with Crippen molar-refractivity contribution in [1.29, 1.82) is 0 Å². The first kappa shape index (κ1) is 20.0. The zero-order chi connectivity index (χ0) is 21.9. The lowest BCUT2D eigenvalue weighted by Gasteiger charge is -2.12. The van der Waals surface area contributed by atoms with Crippen molar-refractivity contribution >= 4 is 0 Å². The van der Waals surface area contributed by atoms with E-state index in [0.717, 1.165) is 36.8 Å². The van der Waals surface area contributed by atoms with Gasteiger partial charge in [0, 0.05) is 0 Å². The molecule has 4 aromatic carbocycles. The molecule has 4 heterocycles. The lowest BCUT2D eigenvalue weighted by Crippen LogP contribution is -1.95. The van der Waals surface area contributed by atoms with Gasteiger partial charge in [0.05, 0.1) is 0 Å². The molecule has 0 amide bonds. The summed E-state index contributed by atoms with van der Waals surface area (Å²) < 4.78 is 11.9. The van der Waals surface area contributed by atoms with Gasteiger partial charge in [-0.2, -0.15) is 0 Å². The van der Waals surface area contributed by atoms with Gasteiger partial charge < -0.3 is 19.7 Å². The lowest BCUT2D eigenvalue weighted by molar-refractivity contribution is 0.410. The average molecular weight is 424 g/mol. The van der Waals surface area contributed by atoms with Gasteiger partial charge in [-0.05, 0) is 96.5 Å². The maximum atomic E-state index is 10.2. The van der Waals surface area contributed by atoms with Crippen molar-refractivity contribution < 1.29 is 19.7 Å². The molecule has 0 fully saturated rings. The van der Waals surface area contributed by atoms with Crippen LogP contribution in [0.25, 0.3) is 0 Å². The third-order valence-corrected chi connectivity index (χ3v) is 5.76. The second-order valence-electron chi connectivity index (χ2n) is 8.10. The summed E-state index contributed by atoms with van der Waals surface area (Å²) in [4.78, 5) is 0. The quantitative estimate of drug-likeness (QED) is 0.335. The summed E-state index contributed by atoms with van der Waals surface area (Å²) in [7, 11) is 0. The van der Waals surface area contributed by atoms with Crippen LogP contribution >= 0.6 is 0 Å². The van der Waals surface area contributed by atoms with E-state index in [0.29, 0.717) is 23.0 Å². The van der Waals surface area contributed by atoms with Crippen LogP contribution in [0, 0.1) is 0 Å². The number of rotatable bonds is 0. The van der Waals surface area contributed by atoms with Gasteiger partial charge in [-0.1, -0.05) is 36.4 Å². The molecule has 4 aromatic rings. The highest BCUT2D eigenvalue weighted by atomic mass is 16.5. The van der Waals surface area contributed by atoms with E-state index in [1.54, 1.807) is 12.1 Å². The van der Waals surface area contributed by atoms with Crippen molar-refractivity contribution in [3.05, 3.63) is 107 Å². The molecule has 2 N–H and O–H groups in total. The van der Waals surface area contributed by atoms with Crippen LogP contribution in [0.1, 0.15) is 22.3 Å². The molecule has 0 radical (unpaired) electrons. The Morgan fingerprint density at radius 3 is 1.19 bits per heavy atom. The van der Waals surface area contributed by atoms with E-state index in [1.807, 2.05) is 72.8 Å². The Balaban J connectivity index is 1.49. The van der Waals surface area contributed by atoms with E-state index in [-0.39, 0.29) is 11.5 Å². The smallest absolute Gasteiger partial charge is 0.169 e. The predicted octanol–water partition coefficient (Wildman–Crippen LogP) is 6.57. The van der Waals surface area contributed by atoms with Gasteiger partial charge in [0.15, 0.2) is 23.0 Å². The van der Waals surface area contributed by atoms with Gasteiger partial charge in [0.25, 0.3) is 0 Å². The first-order valence-electron chi connectivity index (χ1n) is 10.8. The van der Waals surface area contributed by atoms with E-state index in [2.05, 4.69) is 0 Å². The van der Waals surface area contributed by atoms with Crippen LogP contribution in [0.2, 0.25) is 0 Å². The number of ether oxygens (including phenoxy) is 2.